The van der Waals surface area contributed by atoms with E-state index in [2.05, 4.69) is 51.5 Å². The molecule has 2 fully saturated rings. The second-order valence-corrected chi connectivity index (χ2v) is 7.91. The Hall–Kier alpha value is -1.39. The minimum absolute atomic E-state index is 0.780. The Labute approximate surface area is 159 Å². The van der Waals surface area contributed by atoms with Crippen LogP contribution in [0, 0.1) is 0 Å². The average Bonchev–Trinajstić information content (AvgIpc) is 2.69. The zero-order chi connectivity index (χ0) is 18.0. The summed E-state index contributed by atoms with van der Waals surface area (Å²) >= 11 is 0. The lowest BCUT2D eigenvalue weighted by atomic mass is 10.0. The second kappa shape index (κ2) is 10.7. The zero-order valence-corrected chi connectivity index (χ0v) is 16.5. The third-order valence-corrected chi connectivity index (χ3v) is 5.75. The molecule has 144 valence electrons. The molecule has 0 radical (unpaired) electrons. The Morgan fingerprint density at radius 1 is 1.04 bits per heavy atom. The maximum atomic E-state index is 4.61. The summed E-state index contributed by atoms with van der Waals surface area (Å²) in [6.07, 6.45) is 11.3. The smallest absolute Gasteiger partial charge is 0.0542 e. The van der Waals surface area contributed by atoms with Gasteiger partial charge in [-0.15, -0.1) is 0 Å². The van der Waals surface area contributed by atoms with Crippen LogP contribution in [0.2, 0.25) is 0 Å². The quantitative estimate of drug-likeness (QED) is 0.567. The molecule has 3 rings (SSSR count). The van der Waals surface area contributed by atoms with Gasteiger partial charge in [0.2, 0.25) is 0 Å². The van der Waals surface area contributed by atoms with Crippen molar-refractivity contribution in [3.05, 3.63) is 35.4 Å². The summed E-state index contributed by atoms with van der Waals surface area (Å²) in [5.41, 5.74) is 2.55. The first-order valence-corrected chi connectivity index (χ1v) is 10.6. The van der Waals surface area contributed by atoms with Gasteiger partial charge in [0.25, 0.3) is 0 Å². The van der Waals surface area contributed by atoms with Gasteiger partial charge in [-0.1, -0.05) is 30.7 Å². The maximum absolute atomic E-state index is 4.61. The number of benzene rings is 1. The van der Waals surface area contributed by atoms with Crippen molar-refractivity contribution in [2.24, 2.45) is 5.10 Å². The lowest BCUT2D eigenvalue weighted by Crippen LogP contribution is -2.38. The van der Waals surface area contributed by atoms with E-state index in [4.69, 9.17) is 0 Å². The lowest BCUT2D eigenvalue weighted by Gasteiger charge is -2.33. The van der Waals surface area contributed by atoms with Crippen LogP contribution in [0.15, 0.2) is 29.4 Å². The Bertz CT molecular complexity index is 534. The monoisotopic (exact) mass is 356 g/mol. The van der Waals surface area contributed by atoms with E-state index in [0.29, 0.717) is 0 Å². The Balaban J connectivity index is 1.32. The number of piperidine rings is 2. The Morgan fingerprint density at radius 3 is 2.58 bits per heavy atom. The van der Waals surface area contributed by atoms with Crippen LogP contribution < -0.4 is 5.32 Å². The van der Waals surface area contributed by atoms with Crippen LogP contribution in [-0.2, 0) is 6.54 Å². The van der Waals surface area contributed by atoms with Gasteiger partial charge in [0.15, 0.2) is 0 Å². The largest absolute Gasteiger partial charge is 0.313 e. The highest BCUT2D eigenvalue weighted by Crippen LogP contribution is 2.16. The maximum Gasteiger partial charge on any atom is 0.0542 e. The highest BCUT2D eigenvalue weighted by molar-refractivity contribution is 5.79. The van der Waals surface area contributed by atoms with E-state index in [1.165, 1.54) is 69.2 Å². The number of nitrogens with zero attached hydrogens (tertiary/aromatic N) is 3. The SMILES string of the molecule is CC1CCCCN1CCCNCc1ccc(C=NN2CCCCC2)cc1. The van der Waals surface area contributed by atoms with Crippen LogP contribution in [0.1, 0.15) is 63.0 Å². The van der Waals surface area contributed by atoms with Crippen molar-refractivity contribution in [2.45, 2.75) is 64.5 Å². The fraction of sp³-hybridized carbons (Fsp3) is 0.682. The molecule has 26 heavy (non-hydrogen) atoms. The van der Waals surface area contributed by atoms with Crippen molar-refractivity contribution in [1.82, 2.24) is 15.2 Å². The molecule has 1 atom stereocenters. The normalized spacial score (nSPS) is 22.2. The first kappa shape index (κ1) is 19.4. The third-order valence-electron chi connectivity index (χ3n) is 5.75. The molecule has 2 aliphatic heterocycles. The molecule has 1 aromatic carbocycles. The van der Waals surface area contributed by atoms with Gasteiger partial charge in [-0.05, 0) is 76.2 Å². The van der Waals surface area contributed by atoms with Crippen molar-refractivity contribution in [2.75, 3.05) is 32.7 Å². The van der Waals surface area contributed by atoms with Crippen molar-refractivity contribution in [3.63, 3.8) is 0 Å². The van der Waals surface area contributed by atoms with Gasteiger partial charge in [0.1, 0.15) is 0 Å². The van der Waals surface area contributed by atoms with Crippen LogP contribution in [0.3, 0.4) is 0 Å². The Kier molecular flexibility index (Phi) is 7.96. The van der Waals surface area contributed by atoms with E-state index in [9.17, 15) is 0 Å². The molecule has 0 aliphatic carbocycles. The number of hydrazone groups is 1. The molecule has 4 nitrogen and oxygen atoms in total. The number of rotatable bonds is 8. The van der Waals surface area contributed by atoms with E-state index >= 15 is 0 Å². The van der Waals surface area contributed by atoms with Gasteiger partial charge in [0.05, 0.1) is 6.21 Å². The molecule has 2 saturated heterocycles. The summed E-state index contributed by atoms with van der Waals surface area (Å²) in [6.45, 7) is 9.17. The summed E-state index contributed by atoms with van der Waals surface area (Å²) < 4.78 is 0. The first-order valence-electron chi connectivity index (χ1n) is 10.6. The third kappa shape index (κ3) is 6.40. The minimum atomic E-state index is 0.780. The molecule has 0 amide bonds. The van der Waals surface area contributed by atoms with Gasteiger partial charge in [-0.3, -0.25) is 5.01 Å². The van der Waals surface area contributed by atoms with E-state index in [1.54, 1.807) is 0 Å². The van der Waals surface area contributed by atoms with Crippen molar-refractivity contribution < 1.29 is 0 Å². The Morgan fingerprint density at radius 2 is 1.81 bits per heavy atom. The number of nitrogens with one attached hydrogen (secondary N) is 1. The average molecular weight is 357 g/mol. The molecule has 1 N–H and O–H groups in total. The standard InChI is InChI=1S/C22H36N4/c1-20-8-3-6-14-25(20)15-7-13-23-18-21-9-11-22(12-10-21)19-24-26-16-4-2-5-17-26/h9-12,19-20,23H,2-8,13-18H2,1H3. The predicted octanol–water partition coefficient (Wildman–Crippen LogP) is 3.86. The van der Waals surface area contributed by atoms with Crippen molar-refractivity contribution in [3.8, 4) is 0 Å². The topological polar surface area (TPSA) is 30.9 Å². The van der Waals surface area contributed by atoms with Crippen molar-refractivity contribution in [1.29, 1.82) is 0 Å². The molecule has 4 heteroatoms. The molecule has 1 aromatic rings. The van der Waals surface area contributed by atoms with Crippen LogP contribution in [-0.4, -0.2) is 54.9 Å². The summed E-state index contributed by atoms with van der Waals surface area (Å²) in [7, 11) is 0. The minimum Gasteiger partial charge on any atom is -0.313 e. The molecular formula is C22H36N4. The summed E-state index contributed by atoms with van der Waals surface area (Å²) in [6, 6.07) is 9.58. The molecule has 2 aliphatic rings. The molecule has 0 saturated carbocycles. The molecule has 0 spiro atoms. The molecule has 1 unspecified atom stereocenters. The zero-order valence-electron chi connectivity index (χ0n) is 16.5. The summed E-state index contributed by atoms with van der Waals surface area (Å²) in [5, 5.41) is 10.4. The molecule has 0 aromatic heterocycles. The highest BCUT2D eigenvalue weighted by atomic mass is 15.4. The molecular weight excluding hydrogens is 320 g/mol. The van der Waals surface area contributed by atoms with Crippen LogP contribution in [0.25, 0.3) is 0 Å². The number of likely N-dealkylation sites (tertiary alicyclic amines) is 1. The highest BCUT2D eigenvalue weighted by Gasteiger charge is 2.16. The van der Waals surface area contributed by atoms with Crippen LogP contribution >= 0.6 is 0 Å². The predicted molar refractivity (Wildman–Crippen MR) is 111 cm³/mol. The fourth-order valence-corrected chi connectivity index (χ4v) is 3.99. The summed E-state index contributed by atoms with van der Waals surface area (Å²) in [5.74, 6) is 0. The first-order chi connectivity index (χ1) is 12.8. The summed E-state index contributed by atoms with van der Waals surface area (Å²) in [4.78, 5) is 2.65. The van der Waals surface area contributed by atoms with Crippen LogP contribution in [0.4, 0.5) is 0 Å². The number of hydrogen-bond acceptors (Lipinski definition) is 4. The molecule has 0 bridgehead atoms. The van der Waals surface area contributed by atoms with Gasteiger partial charge in [0, 0.05) is 25.7 Å². The van der Waals surface area contributed by atoms with Crippen molar-refractivity contribution >= 4 is 6.21 Å². The van der Waals surface area contributed by atoms with Crippen LogP contribution in [0.5, 0.6) is 0 Å². The lowest BCUT2D eigenvalue weighted by molar-refractivity contribution is 0.159. The van der Waals surface area contributed by atoms with Gasteiger partial charge in [-0.2, -0.15) is 5.10 Å². The van der Waals surface area contributed by atoms with E-state index in [0.717, 1.165) is 32.2 Å². The van der Waals surface area contributed by atoms with Gasteiger partial charge < -0.3 is 10.2 Å². The van der Waals surface area contributed by atoms with E-state index < -0.39 is 0 Å². The van der Waals surface area contributed by atoms with Gasteiger partial charge >= 0.3 is 0 Å². The van der Waals surface area contributed by atoms with E-state index in [1.807, 2.05) is 6.21 Å². The van der Waals surface area contributed by atoms with Gasteiger partial charge in [-0.25, -0.2) is 0 Å². The fourth-order valence-electron chi connectivity index (χ4n) is 3.99. The molecule has 2 heterocycles. The van der Waals surface area contributed by atoms with E-state index in [-0.39, 0.29) is 0 Å². The number of hydrogen-bond donors (Lipinski definition) is 1. The second-order valence-electron chi connectivity index (χ2n) is 7.91.